The molecule has 1 aromatic heterocycles. The highest BCUT2D eigenvalue weighted by molar-refractivity contribution is 5.97. The number of Topliss-reactive ketones (excluding diaryl/α,β-unsaturated/α-hetero) is 1. The Labute approximate surface area is 135 Å². The first-order valence-electron chi connectivity index (χ1n) is 7.75. The smallest absolute Gasteiger partial charge is 0.270 e. The molecule has 1 atom stereocenters. The summed E-state index contributed by atoms with van der Waals surface area (Å²) >= 11 is 0. The number of carbonyl (C=O) groups is 2. The minimum Gasteiger partial charge on any atom is -0.377 e. The van der Waals surface area contributed by atoms with Crippen molar-refractivity contribution in [3.63, 3.8) is 0 Å². The van der Waals surface area contributed by atoms with Crippen molar-refractivity contribution in [2.24, 2.45) is 7.05 Å². The Hall–Kier alpha value is -2.40. The van der Waals surface area contributed by atoms with Gasteiger partial charge in [-0.15, -0.1) is 0 Å². The molecule has 1 saturated heterocycles. The van der Waals surface area contributed by atoms with E-state index in [2.05, 4.69) is 0 Å². The molecule has 0 unspecified atom stereocenters. The molecule has 120 valence electrons. The topological polar surface area (TPSA) is 51.5 Å². The molecule has 0 aliphatic carbocycles. The van der Waals surface area contributed by atoms with Crippen molar-refractivity contribution in [1.29, 1.82) is 0 Å². The number of rotatable bonds is 4. The molecule has 0 saturated carbocycles. The Morgan fingerprint density at radius 3 is 2.65 bits per heavy atom. The van der Waals surface area contributed by atoms with Crippen molar-refractivity contribution in [1.82, 2.24) is 9.47 Å². The fourth-order valence-electron chi connectivity index (χ4n) is 2.88. The number of ether oxygens (including phenoxy) is 1. The van der Waals surface area contributed by atoms with Gasteiger partial charge in [0, 0.05) is 31.8 Å². The number of ketones is 1. The summed E-state index contributed by atoms with van der Waals surface area (Å²) in [5.74, 6) is -0.0163. The molecule has 0 spiro atoms. The van der Waals surface area contributed by atoms with E-state index in [9.17, 15) is 9.59 Å². The van der Waals surface area contributed by atoms with Gasteiger partial charge in [0.05, 0.1) is 19.3 Å². The second-order valence-corrected chi connectivity index (χ2v) is 5.72. The minimum absolute atomic E-state index is 0.0331. The zero-order valence-corrected chi connectivity index (χ0v) is 13.1. The lowest BCUT2D eigenvalue weighted by Crippen LogP contribution is -2.49. The molecule has 1 aromatic carbocycles. The van der Waals surface area contributed by atoms with Crippen LogP contribution in [-0.4, -0.2) is 47.0 Å². The molecule has 1 aliphatic rings. The van der Waals surface area contributed by atoms with Gasteiger partial charge >= 0.3 is 0 Å². The van der Waals surface area contributed by atoms with Gasteiger partial charge in [0.15, 0.2) is 5.78 Å². The number of hydrogen-bond acceptors (Lipinski definition) is 3. The van der Waals surface area contributed by atoms with Crippen molar-refractivity contribution in [2.75, 3.05) is 19.8 Å². The Morgan fingerprint density at radius 2 is 1.96 bits per heavy atom. The monoisotopic (exact) mass is 312 g/mol. The van der Waals surface area contributed by atoms with Gasteiger partial charge in [-0.05, 0) is 12.1 Å². The first-order valence-corrected chi connectivity index (χ1v) is 7.75. The van der Waals surface area contributed by atoms with Crippen LogP contribution in [0, 0.1) is 0 Å². The van der Waals surface area contributed by atoms with Crippen LogP contribution in [0.15, 0.2) is 48.7 Å². The van der Waals surface area contributed by atoms with E-state index in [4.69, 9.17) is 4.74 Å². The Balaban J connectivity index is 1.75. The Kier molecular flexibility index (Phi) is 4.57. The second-order valence-electron chi connectivity index (χ2n) is 5.72. The largest absolute Gasteiger partial charge is 0.377 e. The van der Waals surface area contributed by atoms with E-state index in [1.807, 2.05) is 37.5 Å². The molecule has 2 heterocycles. The van der Waals surface area contributed by atoms with E-state index in [1.165, 1.54) is 0 Å². The van der Waals surface area contributed by atoms with Crippen molar-refractivity contribution in [3.8, 4) is 0 Å². The molecule has 23 heavy (non-hydrogen) atoms. The van der Waals surface area contributed by atoms with Gasteiger partial charge in [0.25, 0.3) is 5.91 Å². The first kappa shape index (κ1) is 15.5. The molecule has 0 bridgehead atoms. The fraction of sp³-hybridized carbons (Fsp3) is 0.333. The molecule has 5 heteroatoms. The maximum Gasteiger partial charge on any atom is 0.270 e. The van der Waals surface area contributed by atoms with Gasteiger partial charge < -0.3 is 14.2 Å². The third-order valence-corrected chi connectivity index (χ3v) is 4.17. The minimum atomic E-state index is -0.223. The van der Waals surface area contributed by atoms with Crippen LogP contribution in [0.3, 0.4) is 0 Å². The standard InChI is InChI=1S/C18H20N2O3/c1-19-9-5-8-16(19)18(22)20-10-11-23-13-15(20)12-17(21)14-6-3-2-4-7-14/h2-9,15H,10-13H2,1H3/t15-/m1/s1. The predicted molar refractivity (Wildman–Crippen MR) is 86.4 cm³/mol. The third-order valence-electron chi connectivity index (χ3n) is 4.17. The Morgan fingerprint density at radius 1 is 1.17 bits per heavy atom. The van der Waals surface area contributed by atoms with E-state index >= 15 is 0 Å². The fourth-order valence-corrected chi connectivity index (χ4v) is 2.88. The van der Waals surface area contributed by atoms with Crippen molar-refractivity contribution >= 4 is 11.7 Å². The number of carbonyl (C=O) groups excluding carboxylic acids is 2. The molecular weight excluding hydrogens is 292 g/mol. The summed E-state index contributed by atoms with van der Waals surface area (Å²) in [6, 6.07) is 12.6. The lowest BCUT2D eigenvalue weighted by atomic mass is 10.0. The van der Waals surface area contributed by atoms with Crippen LogP contribution in [0.25, 0.3) is 0 Å². The van der Waals surface area contributed by atoms with Crippen LogP contribution in [0.5, 0.6) is 0 Å². The van der Waals surface area contributed by atoms with Gasteiger partial charge in [-0.2, -0.15) is 0 Å². The highest BCUT2D eigenvalue weighted by Gasteiger charge is 2.30. The van der Waals surface area contributed by atoms with Gasteiger partial charge in [-0.3, -0.25) is 9.59 Å². The normalized spacial score (nSPS) is 18.0. The molecular formula is C18H20N2O3. The Bertz CT molecular complexity index is 693. The number of aromatic nitrogens is 1. The van der Waals surface area contributed by atoms with Crippen molar-refractivity contribution in [2.45, 2.75) is 12.5 Å². The van der Waals surface area contributed by atoms with Gasteiger partial charge in [0.1, 0.15) is 5.69 Å². The van der Waals surface area contributed by atoms with E-state index in [-0.39, 0.29) is 24.2 Å². The van der Waals surface area contributed by atoms with Crippen LogP contribution in [-0.2, 0) is 11.8 Å². The molecule has 1 amide bonds. The average molecular weight is 312 g/mol. The van der Waals surface area contributed by atoms with E-state index in [0.29, 0.717) is 31.0 Å². The first-order chi connectivity index (χ1) is 11.2. The quantitative estimate of drug-likeness (QED) is 0.813. The molecule has 2 aromatic rings. The molecule has 0 radical (unpaired) electrons. The van der Waals surface area contributed by atoms with E-state index < -0.39 is 0 Å². The summed E-state index contributed by atoms with van der Waals surface area (Å²) < 4.78 is 7.29. The summed E-state index contributed by atoms with van der Waals surface area (Å²) in [5, 5.41) is 0. The highest BCUT2D eigenvalue weighted by atomic mass is 16.5. The summed E-state index contributed by atoms with van der Waals surface area (Å²) in [6.07, 6.45) is 2.12. The summed E-state index contributed by atoms with van der Waals surface area (Å²) in [6.45, 7) is 1.41. The number of benzene rings is 1. The highest BCUT2D eigenvalue weighted by Crippen LogP contribution is 2.17. The summed E-state index contributed by atoms with van der Waals surface area (Å²) in [7, 11) is 1.85. The molecule has 1 aliphatic heterocycles. The van der Waals surface area contributed by atoms with Crippen LogP contribution >= 0.6 is 0 Å². The lowest BCUT2D eigenvalue weighted by molar-refractivity contribution is -0.00328. The molecule has 3 rings (SSSR count). The molecule has 1 fully saturated rings. The number of aryl methyl sites for hydroxylation is 1. The van der Waals surface area contributed by atoms with Crippen molar-refractivity contribution in [3.05, 3.63) is 59.9 Å². The maximum absolute atomic E-state index is 12.7. The van der Waals surface area contributed by atoms with Gasteiger partial charge in [-0.25, -0.2) is 0 Å². The molecule has 5 nitrogen and oxygen atoms in total. The lowest BCUT2D eigenvalue weighted by Gasteiger charge is -2.35. The van der Waals surface area contributed by atoms with E-state index in [1.54, 1.807) is 27.7 Å². The zero-order valence-electron chi connectivity index (χ0n) is 13.1. The summed E-state index contributed by atoms with van der Waals surface area (Å²) in [4.78, 5) is 26.9. The van der Waals surface area contributed by atoms with Gasteiger partial charge in [-0.1, -0.05) is 30.3 Å². The number of morpholine rings is 1. The van der Waals surface area contributed by atoms with Crippen LogP contribution in [0.4, 0.5) is 0 Å². The van der Waals surface area contributed by atoms with Crippen molar-refractivity contribution < 1.29 is 14.3 Å². The van der Waals surface area contributed by atoms with E-state index in [0.717, 1.165) is 0 Å². The third kappa shape index (κ3) is 3.35. The van der Waals surface area contributed by atoms with Gasteiger partial charge in [0.2, 0.25) is 0 Å². The average Bonchev–Trinajstić information content (AvgIpc) is 3.01. The number of amides is 1. The maximum atomic E-state index is 12.7. The number of hydrogen-bond donors (Lipinski definition) is 0. The van der Waals surface area contributed by atoms with Crippen LogP contribution in [0.1, 0.15) is 27.3 Å². The second kappa shape index (κ2) is 6.79. The summed E-state index contributed by atoms with van der Waals surface area (Å²) in [5.41, 5.74) is 1.30. The SMILES string of the molecule is Cn1cccc1C(=O)N1CCOC[C@H]1CC(=O)c1ccccc1. The number of nitrogens with zero attached hydrogens (tertiary/aromatic N) is 2. The zero-order chi connectivity index (χ0) is 16.2. The predicted octanol–water partition coefficient (Wildman–Crippen LogP) is 2.14. The van der Waals surface area contributed by atoms with Crippen LogP contribution in [0.2, 0.25) is 0 Å². The van der Waals surface area contributed by atoms with Crippen LogP contribution < -0.4 is 0 Å². The molecule has 0 N–H and O–H groups in total.